The normalized spacial score (nSPS) is 15.5. The van der Waals surface area contributed by atoms with Gasteiger partial charge in [-0.1, -0.05) is 30.3 Å². The summed E-state index contributed by atoms with van der Waals surface area (Å²) < 4.78 is 17.1. The monoisotopic (exact) mass is 440 g/mol. The summed E-state index contributed by atoms with van der Waals surface area (Å²) in [6.07, 6.45) is 0.435. The molecule has 1 N–H and O–H groups in total. The molecule has 0 bridgehead atoms. The molecule has 1 heterocycles. The summed E-state index contributed by atoms with van der Waals surface area (Å²) in [7, 11) is 0. The lowest BCUT2D eigenvalue weighted by atomic mass is 10.1. The fourth-order valence-corrected chi connectivity index (χ4v) is 3.81. The Hall–Kier alpha value is -3.22. The van der Waals surface area contributed by atoms with Crippen molar-refractivity contribution in [2.75, 3.05) is 32.9 Å². The number of rotatable bonds is 11. The van der Waals surface area contributed by atoms with Gasteiger partial charge in [0.2, 0.25) is 11.7 Å². The molecule has 32 heavy (non-hydrogen) atoms. The summed E-state index contributed by atoms with van der Waals surface area (Å²) in [5, 5.41) is 2.97. The van der Waals surface area contributed by atoms with E-state index in [0.717, 1.165) is 5.56 Å². The molecule has 0 radical (unpaired) electrons. The standard InChI is InChI=1S/C25H32N2O5/c1-4-30-21-13-20(14-22(31-5-2)24(21)32-6-3)25(29)26-15-19-12-23(28)27(17-19)16-18-10-8-7-9-11-18/h7-11,13-14,19H,4-6,12,15-17H2,1-3H3,(H,26,29). The molecule has 1 fully saturated rings. The number of carbonyl (C=O) groups excluding carboxylic acids is 2. The minimum Gasteiger partial charge on any atom is -0.490 e. The maximum Gasteiger partial charge on any atom is 0.251 e. The van der Waals surface area contributed by atoms with Gasteiger partial charge in [-0.25, -0.2) is 0 Å². The second kappa shape index (κ2) is 11.4. The van der Waals surface area contributed by atoms with Crippen LogP contribution in [0.3, 0.4) is 0 Å². The van der Waals surface area contributed by atoms with Crippen molar-refractivity contribution < 1.29 is 23.8 Å². The zero-order valence-corrected chi connectivity index (χ0v) is 19.1. The topological polar surface area (TPSA) is 77.1 Å². The molecule has 1 saturated heterocycles. The van der Waals surface area contributed by atoms with E-state index in [1.165, 1.54) is 0 Å². The van der Waals surface area contributed by atoms with Crippen molar-refractivity contribution in [1.82, 2.24) is 10.2 Å². The van der Waals surface area contributed by atoms with E-state index < -0.39 is 0 Å². The quantitative estimate of drug-likeness (QED) is 0.577. The predicted molar refractivity (Wildman–Crippen MR) is 122 cm³/mol. The summed E-state index contributed by atoms with van der Waals surface area (Å²) >= 11 is 0. The van der Waals surface area contributed by atoms with Crippen LogP contribution in [0.2, 0.25) is 0 Å². The van der Waals surface area contributed by atoms with E-state index >= 15 is 0 Å². The van der Waals surface area contributed by atoms with Crippen LogP contribution >= 0.6 is 0 Å². The van der Waals surface area contributed by atoms with Crippen molar-refractivity contribution in [3.8, 4) is 17.2 Å². The lowest BCUT2D eigenvalue weighted by molar-refractivity contribution is -0.128. The Labute approximate surface area is 189 Å². The molecule has 2 aromatic carbocycles. The van der Waals surface area contributed by atoms with Crippen molar-refractivity contribution >= 4 is 11.8 Å². The van der Waals surface area contributed by atoms with Crippen molar-refractivity contribution in [3.05, 3.63) is 53.6 Å². The molecule has 1 atom stereocenters. The molecule has 2 amide bonds. The summed E-state index contributed by atoms with van der Waals surface area (Å²) in [6.45, 7) is 8.64. The number of hydrogen-bond acceptors (Lipinski definition) is 5. The number of benzene rings is 2. The van der Waals surface area contributed by atoms with Crippen LogP contribution in [0.4, 0.5) is 0 Å². The van der Waals surface area contributed by atoms with Gasteiger partial charge in [-0.15, -0.1) is 0 Å². The summed E-state index contributed by atoms with van der Waals surface area (Å²) in [5.41, 5.74) is 1.54. The van der Waals surface area contributed by atoms with Gasteiger partial charge in [0.15, 0.2) is 11.5 Å². The number of nitrogens with zero attached hydrogens (tertiary/aromatic N) is 1. The first-order chi connectivity index (χ1) is 15.5. The first kappa shape index (κ1) is 23.4. The average Bonchev–Trinajstić information content (AvgIpc) is 3.14. The molecule has 2 aromatic rings. The average molecular weight is 441 g/mol. The van der Waals surface area contributed by atoms with E-state index in [0.29, 0.717) is 68.7 Å². The molecule has 7 nitrogen and oxygen atoms in total. The van der Waals surface area contributed by atoms with Crippen LogP contribution in [0, 0.1) is 5.92 Å². The maximum absolute atomic E-state index is 12.9. The van der Waals surface area contributed by atoms with Gasteiger partial charge in [0, 0.05) is 37.5 Å². The maximum atomic E-state index is 12.9. The van der Waals surface area contributed by atoms with Gasteiger partial charge in [-0.3, -0.25) is 9.59 Å². The van der Waals surface area contributed by atoms with Crippen molar-refractivity contribution in [2.24, 2.45) is 5.92 Å². The van der Waals surface area contributed by atoms with Crippen LogP contribution < -0.4 is 19.5 Å². The Morgan fingerprint density at radius 2 is 1.62 bits per heavy atom. The number of hydrogen-bond donors (Lipinski definition) is 1. The molecule has 0 aromatic heterocycles. The number of amides is 2. The lowest BCUT2D eigenvalue weighted by Gasteiger charge is -2.18. The highest BCUT2D eigenvalue weighted by Crippen LogP contribution is 2.39. The SMILES string of the molecule is CCOc1cc(C(=O)NCC2CC(=O)N(Cc3ccccc3)C2)cc(OCC)c1OCC. The summed E-state index contributed by atoms with van der Waals surface area (Å²) in [4.78, 5) is 27.1. The molecule has 3 rings (SSSR count). The highest BCUT2D eigenvalue weighted by molar-refractivity contribution is 5.95. The lowest BCUT2D eigenvalue weighted by Crippen LogP contribution is -2.31. The third-order valence-corrected chi connectivity index (χ3v) is 5.23. The Morgan fingerprint density at radius 1 is 1.00 bits per heavy atom. The molecule has 0 saturated carbocycles. The Morgan fingerprint density at radius 3 is 2.22 bits per heavy atom. The largest absolute Gasteiger partial charge is 0.490 e. The van der Waals surface area contributed by atoms with Crippen LogP contribution in [-0.4, -0.2) is 49.6 Å². The van der Waals surface area contributed by atoms with E-state index in [1.54, 1.807) is 12.1 Å². The Bertz CT molecular complexity index is 889. The van der Waals surface area contributed by atoms with Crippen LogP contribution in [0.1, 0.15) is 43.1 Å². The van der Waals surface area contributed by atoms with Gasteiger partial charge in [0.1, 0.15) is 0 Å². The third-order valence-electron chi connectivity index (χ3n) is 5.23. The second-order valence-corrected chi connectivity index (χ2v) is 7.64. The molecule has 1 aliphatic rings. The Kier molecular flexibility index (Phi) is 8.36. The molecule has 1 aliphatic heterocycles. The molecule has 172 valence electrons. The Balaban J connectivity index is 1.64. The number of ether oxygens (including phenoxy) is 3. The minimum atomic E-state index is -0.232. The van der Waals surface area contributed by atoms with E-state index in [-0.39, 0.29) is 17.7 Å². The van der Waals surface area contributed by atoms with Gasteiger partial charge in [0.05, 0.1) is 19.8 Å². The molecular weight excluding hydrogens is 408 g/mol. The fourth-order valence-electron chi connectivity index (χ4n) is 3.81. The van der Waals surface area contributed by atoms with Crippen molar-refractivity contribution in [2.45, 2.75) is 33.7 Å². The molecule has 1 unspecified atom stereocenters. The van der Waals surface area contributed by atoms with Crippen LogP contribution in [0.5, 0.6) is 17.2 Å². The van der Waals surface area contributed by atoms with Crippen molar-refractivity contribution in [3.63, 3.8) is 0 Å². The predicted octanol–water partition coefficient (Wildman–Crippen LogP) is 3.66. The van der Waals surface area contributed by atoms with E-state index in [9.17, 15) is 9.59 Å². The highest BCUT2D eigenvalue weighted by Gasteiger charge is 2.30. The molecule has 7 heteroatoms. The van der Waals surface area contributed by atoms with Crippen molar-refractivity contribution in [1.29, 1.82) is 0 Å². The van der Waals surface area contributed by atoms with E-state index in [4.69, 9.17) is 14.2 Å². The first-order valence-corrected chi connectivity index (χ1v) is 11.2. The molecule has 0 spiro atoms. The minimum absolute atomic E-state index is 0.0792. The molecular formula is C25H32N2O5. The molecule has 0 aliphatic carbocycles. The van der Waals surface area contributed by atoms with Gasteiger partial charge >= 0.3 is 0 Å². The smallest absolute Gasteiger partial charge is 0.251 e. The van der Waals surface area contributed by atoms with Crippen LogP contribution in [-0.2, 0) is 11.3 Å². The number of nitrogens with one attached hydrogen (secondary N) is 1. The first-order valence-electron chi connectivity index (χ1n) is 11.2. The van der Waals surface area contributed by atoms with E-state index in [1.807, 2.05) is 56.0 Å². The van der Waals surface area contributed by atoms with Gasteiger partial charge < -0.3 is 24.4 Å². The van der Waals surface area contributed by atoms with Gasteiger partial charge in [-0.2, -0.15) is 0 Å². The summed E-state index contributed by atoms with van der Waals surface area (Å²) in [6, 6.07) is 13.3. The third kappa shape index (κ3) is 5.93. The zero-order valence-electron chi connectivity index (χ0n) is 19.1. The zero-order chi connectivity index (χ0) is 22.9. The van der Waals surface area contributed by atoms with Gasteiger partial charge in [0.25, 0.3) is 5.91 Å². The van der Waals surface area contributed by atoms with Gasteiger partial charge in [-0.05, 0) is 38.5 Å². The van der Waals surface area contributed by atoms with Crippen LogP contribution in [0.15, 0.2) is 42.5 Å². The highest BCUT2D eigenvalue weighted by atomic mass is 16.5. The number of carbonyl (C=O) groups is 2. The second-order valence-electron chi connectivity index (χ2n) is 7.64. The number of likely N-dealkylation sites (tertiary alicyclic amines) is 1. The van der Waals surface area contributed by atoms with Crippen LogP contribution in [0.25, 0.3) is 0 Å². The fraction of sp³-hybridized carbons (Fsp3) is 0.440. The summed E-state index contributed by atoms with van der Waals surface area (Å²) in [5.74, 6) is 1.43. The van der Waals surface area contributed by atoms with E-state index in [2.05, 4.69) is 5.32 Å².